The molecule has 28 heavy (non-hydrogen) atoms. The lowest BCUT2D eigenvalue weighted by atomic mass is 10.0. The van der Waals surface area contributed by atoms with Crippen molar-refractivity contribution in [3.05, 3.63) is 66.2 Å². The fourth-order valence-corrected chi connectivity index (χ4v) is 3.49. The molecule has 3 N–H and O–H groups in total. The fraction of sp³-hybridized carbons (Fsp3) is 0.273. The predicted molar refractivity (Wildman–Crippen MR) is 110 cm³/mol. The lowest BCUT2D eigenvalue weighted by Gasteiger charge is -2.33. The molecule has 1 fully saturated rings. The van der Waals surface area contributed by atoms with Crippen LogP contribution in [-0.4, -0.2) is 30.0 Å². The second-order valence-electron chi connectivity index (χ2n) is 7.12. The summed E-state index contributed by atoms with van der Waals surface area (Å²) in [4.78, 5) is 19.3. The van der Waals surface area contributed by atoms with Gasteiger partial charge in [0.25, 0.3) is 5.91 Å². The van der Waals surface area contributed by atoms with E-state index in [4.69, 9.17) is 10.2 Å². The van der Waals surface area contributed by atoms with Crippen molar-refractivity contribution in [2.24, 2.45) is 5.73 Å². The summed E-state index contributed by atoms with van der Waals surface area (Å²) >= 11 is 0. The second kappa shape index (κ2) is 7.86. The molecule has 144 valence electrons. The molecular weight excluding hydrogens is 352 g/mol. The molecule has 1 aliphatic heterocycles. The molecule has 0 atom stereocenters. The average Bonchev–Trinajstić information content (AvgIpc) is 3.15. The first-order chi connectivity index (χ1) is 13.6. The van der Waals surface area contributed by atoms with Gasteiger partial charge >= 0.3 is 0 Å². The number of hydrogen-bond donors (Lipinski definition) is 2. The van der Waals surface area contributed by atoms with Crippen LogP contribution in [0.25, 0.3) is 11.3 Å². The van der Waals surface area contributed by atoms with E-state index < -0.39 is 0 Å². The first-order valence-corrected chi connectivity index (χ1v) is 9.54. The highest BCUT2D eigenvalue weighted by Crippen LogP contribution is 2.26. The largest absolute Gasteiger partial charge is 0.441 e. The molecule has 0 radical (unpaired) electrons. The van der Waals surface area contributed by atoms with Gasteiger partial charge in [0.2, 0.25) is 0 Å². The molecule has 2 heterocycles. The van der Waals surface area contributed by atoms with Crippen molar-refractivity contribution in [3.8, 4) is 11.3 Å². The van der Waals surface area contributed by atoms with Crippen molar-refractivity contribution in [1.29, 1.82) is 0 Å². The lowest BCUT2D eigenvalue weighted by Crippen LogP contribution is -2.40. The number of nitrogens with one attached hydrogen (secondary N) is 1. The van der Waals surface area contributed by atoms with Gasteiger partial charge in [-0.2, -0.15) is 0 Å². The molecule has 0 saturated carbocycles. The average molecular weight is 376 g/mol. The minimum Gasteiger partial charge on any atom is -0.441 e. The number of amides is 1. The molecule has 1 aliphatic rings. The van der Waals surface area contributed by atoms with Crippen molar-refractivity contribution >= 4 is 17.3 Å². The van der Waals surface area contributed by atoms with Crippen LogP contribution < -0.4 is 16.0 Å². The highest BCUT2D eigenvalue weighted by Gasteiger charge is 2.21. The van der Waals surface area contributed by atoms with Gasteiger partial charge in [-0.25, -0.2) is 4.98 Å². The van der Waals surface area contributed by atoms with Crippen molar-refractivity contribution < 1.29 is 9.21 Å². The Morgan fingerprint density at radius 2 is 1.86 bits per heavy atom. The zero-order valence-corrected chi connectivity index (χ0v) is 15.9. The van der Waals surface area contributed by atoms with E-state index >= 15 is 0 Å². The Balaban J connectivity index is 1.49. The maximum Gasteiger partial charge on any atom is 0.257 e. The van der Waals surface area contributed by atoms with E-state index in [9.17, 15) is 4.79 Å². The maximum absolute atomic E-state index is 12.9. The number of anilines is 2. The zero-order chi connectivity index (χ0) is 19.5. The van der Waals surface area contributed by atoms with Crippen molar-refractivity contribution in [1.82, 2.24) is 4.98 Å². The van der Waals surface area contributed by atoms with Gasteiger partial charge in [0.05, 0.1) is 11.8 Å². The van der Waals surface area contributed by atoms with E-state index in [0.717, 1.165) is 42.9 Å². The Hall–Kier alpha value is -3.12. The van der Waals surface area contributed by atoms with Gasteiger partial charge in [-0.3, -0.25) is 4.79 Å². The highest BCUT2D eigenvalue weighted by atomic mass is 16.4. The Bertz CT molecular complexity index is 957. The van der Waals surface area contributed by atoms with Crippen LogP contribution in [0.2, 0.25) is 0 Å². The summed E-state index contributed by atoms with van der Waals surface area (Å²) < 4.78 is 5.54. The van der Waals surface area contributed by atoms with Crippen LogP contribution in [0.3, 0.4) is 0 Å². The Kier molecular flexibility index (Phi) is 5.12. The number of carbonyl (C=O) groups excluding carboxylic acids is 1. The van der Waals surface area contributed by atoms with Crippen LogP contribution in [0.4, 0.5) is 11.4 Å². The van der Waals surface area contributed by atoms with Crippen molar-refractivity contribution in [2.75, 3.05) is 23.3 Å². The third-order valence-corrected chi connectivity index (χ3v) is 5.08. The van der Waals surface area contributed by atoms with E-state index in [1.807, 2.05) is 55.5 Å². The summed E-state index contributed by atoms with van der Waals surface area (Å²) in [7, 11) is 0. The molecule has 1 saturated heterocycles. The summed E-state index contributed by atoms with van der Waals surface area (Å²) in [6.45, 7) is 3.55. The number of piperidine rings is 1. The molecule has 4 rings (SSSR count). The molecule has 3 aromatic rings. The van der Waals surface area contributed by atoms with Crippen LogP contribution in [0, 0.1) is 6.92 Å². The smallest absolute Gasteiger partial charge is 0.257 e. The maximum atomic E-state index is 12.9. The minimum atomic E-state index is -0.117. The highest BCUT2D eigenvalue weighted by molar-refractivity contribution is 6.08. The van der Waals surface area contributed by atoms with Crippen molar-refractivity contribution in [2.45, 2.75) is 25.8 Å². The third kappa shape index (κ3) is 3.92. The summed E-state index contributed by atoms with van der Waals surface area (Å²) in [5.74, 6) is 1.22. The van der Waals surface area contributed by atoms with Crippen molar-refractivity contribution in [3.63, 3.8) is 0 Å². The number of para-hydroxylation sites is 1. The number of benzene rings is 2. The van der Waals surface area contributed by atoms with E-state index in [-0.39, 0.29) is 11.9 Å². The van der Waals surface area contributed by atoms with Gasteiger partial charge < -0.3 is 20.4 Å². The number of carbonyl (C=O) groups is 1. The van der Waals surface area contributed by atoms with Crippen LogP contribution in [0.5, 0.6) is 0 Å². The van der Waals surface area contributed by atoms with E-state index in [0.29, 0.717) is 17.2 Å². The SMILES string of the molecule is Cc1ncc(-c2ccc(NC(=O)c3ccccc3N3CCC(N)CC3)cc2)o1. The van der Waals surface area contributed by atoms with Crippen LogP contribution in [0.15, 0.2) is 59.1 Å². The minimum absolute atomic E-state index is 0.117. The summed E-state index contributed by atoms with van der Waals surface area (Å²) in [5, 5.41) is 2.99. The molecule has 1 amide bonds. The standard InChI is InChI=1S/C22H24N4O2/c1-15-24-14-21(28-15)16-6-8-18(9-7-16)25-22(27)19-4-2-3-5-20(19)26-12-10-17(23)11-13-26/h2-9,14,17H,10-13,23H2,1H3,(H,25,27). The summed E-state index contributed by atoms with van der Waals surface area (Å²) in [6, 6.07) is 15.5. The second-order valence-corrected chi connectivity index (χ2v) is 7.12. The Morgan fingerprint density at radius 3 is 2.54 bits per heavy atom. The number of nitrogens with zero attached hydrogens (tertiary/aromatic N) is 2. The first-order valence-electron chi connectivity index (χ1n) is 9.54. The number of rotatable bonds is 4. The molecule has 6 nitrogen and oxygen atoms in total. The molecule has 6 heteroatoms. The molecule has 0 bridgehead atoms. The number of hydrogen-bond acceptors (Lipinski definition) is 5. The fourth-order valence-electron chi connectivity index (χ4n) is 3.49. The molecule has 0 aliphatic carbocycles. The molecule has 0 spiro atoms. The van der Waals surface area contributed by atoms with Gasteiger partial charge in [-0.15, -0.1) is 0 Å². The number of nitrogens with two attached hydrogens (primary N) is 1. The summed E-state index contributed by atoms with van der Waals surface area (Å²) in [5.41, 5.74) is 9.30. The molecule has 2 aromatic carbocycles. The van der Waals surface area contributed by atoms with Gasteiger partial charge in [0, 0.05) is 43.0 Å². The predicted octanol–water partition coefficient (Wildman–Crippen LogP) is 3.83. The molecule has 0 unspecified atom stereocenters. The Labute approximate surface area is 164 Å². The van der Waals surface area contributed by atoms with E-state index in [1.165, 1.54) is 0 Å². The zero-order valence-electron chi connectivity index (χ0n) is 15.9. The van der Waals surface area contributed by atoms with Gasteiger partial charge in [0.15, 0.2) is 11.7 Å². The molecule has 1 aromatic heterocycles. The van der Waals surface area contributed by atoms with Crippen LogP contribution >= 0.6 is 0 Å². The van der Waals surface area contributed by atoms with E-state index in [2.05, 4.69) is 15.2 Å². The third-order valence-electron chi connectivity index (χ3n) is 5.08. The summed E-state index contributed by atoms with van der Waals surface area (Å²) in [6.07, 6.45) is 3.58. The lowest BCUT2D eigenvalue weighted by molar-refractivity contribution is 0.102. The quantitative estimate of drug-likeness (QED) is 0.723. The Morgan fingerprint density at radius 1 is 1.14 bits per heavy atom. The van der Waals surface area contributed by atoms with Gasteiger partial charge in [0.1, 0.15) is 0 Å². The first kappa shape index (κ1) is 18.3. The number of aryl methyl sites for hydroxylation is 1. The monoisotopic (exact) mass is 376 g/mol. The van der Waals surface area contributed by atoms with E-state index in [1.54, 1.807) is 6.20 Å². The normalized spacial score (nSPS) is 14.9. The van der Waals surface area contributed by atoms with Crippen LogP contribution in [-0.2, 0) is 0 Å². The molecular formula is C22H24N4O2. The number of aromatic nitrogens is 1. The number of oxazole rings is 1. The van der Waals surface area contributed by atoms with Crippen LogP contribution in [0.1, 0.15) is 29.1 Å². The topological polar surface area (TPSA) is 84.4 Å². The van der Waals surface area contributed by atoms with Gasteiger partial charge in [-0.1, -0.05) is 12.1 Å². The van der Waals surface area contributed by atoms with Gasteiger partial charge in [-0.05, 0) is 49.2 Å².